The lowest BCUT2D eigenvalue weighted by Gasteiger charge is -2.07. The SMILES string of the molecule is NC(=O)Nc1ccc(NC(=O)Cc2cn(-c3ccccc3)nc2-c2ccc([N+](=O)[O-])cc2)cc1. The summed E-state index contributed by atoms with van der Waals surface area (Å²) in [7, 11) is 0. The molecule has 170 valence electrons. The molecule has 0 radical (unpaired) electrons. The molecule has 1 heterocycles. The molecular weight excluding hydrogens is 436 g/mol. The molecular formula is C24H20N6O4. The van der Waals surface area contributed by atoms with E-state index in [0.29, 0.717) is 28.2 Å². The molecule has 0 aliphatic rings. The summed E-state index contributed by atoms with van der Waals surface area (Å²) in [5.41, 5.74) is 8.80. The van der Waals surface area contributed by atoms with Gasteiger partial charge < -0.3 is 16.4 Å². The first kappa shape index (κ1) is 22.2. The van der Waals surface area contributed by atoms with E-state index in [9.17, 15) is 19.7 Å². The number of nitrogens with zero attached hydrogens (tertiary/aromatic N) is 3. The molecule has 0 unspecified atom stereocenters. The Kier molecular flexibility index (Phi) is 6.31. The zero-order valence-electron chi connectivity index (χ0n) is 17.8. The molecule has 0 atom stereocenters. The van der Waals surface area contributed by atoms with Gasteiger partial charge in [0.05, 0.1) is 22.7 Å². The lowest BCUT2D eigenvalue weighted by molar-refractivity contribution is -0.384. The van der Waals surface area contributed by atoms with Crippen molar-refractivity contribution in [1.82, 2.24) is 9.78 Å². The van der Waals surface area contributed by atoms with Gasteiger partial charge in [-0.25, -0.2) is 9.48 Å². The number of amides is 3. The molecule has 0 saturated carbocycles. The Hall–Kier alpha value is -4.99. The molecule has 34 heavy (non-hydrogen) atoms. The van der Waals surface area contributed by atoms with Gasteiger partial charge in [0.1, 0.15) is 0 Å². The molecule has 3 aromatic carbocycles. The number of non-ortho nitro benzene ring substituents is 1. The quantitative estimate of drug-likeness (QED) is 0.283. The number of carbonyl (C=O) groups is 2. The summed E-state index contributed by atoms with van der Waals surface area (Å²) in [4.78, 5) is 34.3. The molecule has 0 aliphatic carbocycles. The zero-order chi connectivity index (χ0) is 24.1. The first-order valence-corrected chi connectivity index (χ1v) is 10.2. The Labute approximate surface area is 194 Å². The van der Waals surface area contributed by atoms with Crippen molar-refractivity contribution in [3.8, 4) is 16.9 Å². The van der Waals surface area contributed by atoms with Crippen LogP contribution in [-0.4, -0.2) is 26.6 Å². The van der Waals surface area contributed by atoms with Gasteiger partial charge in [-0.05, 0) is 48.5 Å². The van der Waals surface area contributed by atoms with Crippen molar-refractivity contribution in [2.75, 3.05) is 10.6 Å². The van der Waals surface area contributed by atoms with Gasteiger partial charge in [-0.15, -0.1) is 0 Å². The van der Waals surface area contributed by atoms with Crippen molar-refractivity contribution in [2.24, 2.45) is 5.73 Å². The van der Waals surface area contributed by atoms with Crippen LogP contribution in [0.4, 0.5) is 21.9 Å². The van der Waals surface area contributed by atoms with Gasteiger partial charge in [0, 0.05) is 40.8 Å². The van der Waals surface area contributed by atoms with Crippen LogP contribution in [0.25, 0.3) is 16.9 Å². The molecule has 4 N–H and O–H groups in total. The average Bonchev–Trinajstić information content (AvgIpc) is 3.24. The monoisotopic (exact) mass is 456 g/mol. The fourth-order valence-electron chi connectivity index (χ4n) is 3.39. The second kappa shape index (κ2) is 9.65. The maximum atomic E-state index is 12.8. The second-order valence-corrected chi connectivity index (χ2v) is 7.38. The maximum Gasteiger partial charge on any atom is 0.316 e. The summed E-state index contributed by atoms with van der Waals surface area (Å²) < 4.78 is 1.67. The molecule has 3 amide bonds. The standard InChI is InChI=1S/C24H20N6O4/c25-24(32)27-19-10-8-18(9-11-19)26-22(31)14-17-15-29(20-4-2-1-3-5-20)28-23(17)16-6-12-21(13-7-16)30(33)34/h1-13,15H,14H2,(H,26,31)(H3,25,27,32). The number of nitro groups is 1. The van der Waals surface area contributed by atoms with E-state index in [4.69, 9.17) is 5.73 Å². The minimum absolute atomic E-state index is 0.0280. The fraction of sp³-hybridized carbons (Fsp3) is 0.0417. The predicted octanol–water partition coefficient (Wildman–Crippen LogP) is 4.12. The number of urea groups is 1. The Balaban J connectivity index is 1.59. The normalized spacial score (nSPS) is 10.5. The number of aromatic nitrogens is 2. The molecule has 0 spiro atoms. The molecule has 1 aromatic heterocycles. The van der Waals surface area contributed by atoms with E-state index in [1.165, 1.54) is 12.1 Å². The molecule has 4 rings (SSSR count). The Morgan fingerprint density at radius 1 is 0.912 bits per heavy atom. The van der Waals surface area contributed by atoms with E-state index >= 15 is 0 Å². The van der Waals surface area contributed by atoms with E-state index in [0.717, 1.165) is 5.69 Å². The van der Waals surface area contributed by atoms with Crippen molar-refractivity contribution in [3.05, 3.63) is 101 Å². The number of benzene rings is 3. The van der Waals surface area contributed by atoms with E-state index in [-0.39, 0.29) is 18.0 Å². The molecule has 0 saturated heterocycles. The van der Waals surface area contributed by atoms with Gasteiger partial charge in [-0.3, -0.25) is 14.9 Å². The van der Waals surface area contributed by atoms with Crippen LogP contribution in [0.5, 0.6) is 0 Å². The molecule has 10 heteroatoms. The second-order valence-electron chi connectivity index (χ2n) is 7.38. The number of nitro benzene ring substituents is 1. The molecule has 4 aromatic rings. The molecule has 10 nitrogen and oxygen atoms in total. The average molecular weight is 456 g/mol. The summed E-state index contributed by atoms with van der Waals surface area (Å²) in [5.74, 6) is -0.272. The number of carbonyl (C=O) groups excluding carboxylic acids is 2. The van der Waals surface area contributed by atoms with Crippen LogP contribution in [0.15, 0.2) is 85.1 Å². The first-order valence-electron chi connectivity index (χ1n) is 10.2. The van der Waals surface area contributed by atoms with Gasteiger partial charge in [-0.1, -0.05) is 18.2 Å². The van der Waals surface area contributed by atoms with Crippen LogP contribution >= 0.6 is 0 Å². The van der Waals surface area contributed by atoms with Crippen molar-refractivity contribution >= 4 is 29.0 Å². The van der Waals surface area contributed by atoms with Crippen molar-refractivity contribution in [2.45, 2.75) is 6.42 Å². The van der Waals surface area contributed by atoms with E-state index in [1.807, 2.05) is 30.3 Å². The highest BCUT2D eigenvalue weighted by Gasteiger charge is 2.17. The largest absolute Gasteiger partial charge is 0.351 e. The first-order chi connectivity index (χ1) is 16.4. The molecule has 0 aliphatic heterocycles. The van der Waals surface area contributed by atoms with Crippen LogP contribution in [0.2, 0.25) is 0 Å². The highest BCUT2D eigenvalue weighted by atomic mass is 16.6. The van der Waals surface area contributed by atoms with E-state index in [1.54, 1.807) is 47.3 Å². The highest BCUT2D eigenvalue weighted by molar-refractivity contribution is 5.94. The fourth-order valence-corrected chi connectivity index (χ4v) is 3.39. The van der Waals surface area contributed by atoms with E-state index in [2.05, 4.69) is 15.7 Å². The Morgan fingerprint density at radius 3 is 2.12 bits per heavy atom. The number of para-hydroxylation sites is 1. The minimum atomic E-state index is -0.675. The zero-order valence-corrected chi connectivity index (χ0v) is 17.8. The number of nitrogens with one attached hydrogen (secondary N) is 2. The van der Waals surface area contributed by atoms with Crippen LogP contribution < -0.4 is 16.4 Å². The lowest BCUT2D eigenvalue weighted by Crippen LogP contribution is -2.19. The molecule has 0 fully saturated rings. The predicted molar refractivity (Wildman–Crippen MR) is 128 cm³/mol. The van der Waals surface area contributed by atoms with Crippen molar-refractivity contribution in [1.29, 1.82) is 0 Å². The Bertz CT molecular complexity index is 1330. The number of primary amides is 1. The number of rotatable bonds is 7. The van der Waals surface area contributed by atoms with E-state index < -0.39 is 11.0 Å². The maximum absolute atomic E-state index is 12.8. The van der Waals surface area contributed by atoms with Crippen LogP contribution in [0.1, 0.15) is 5.56 Å². The third-order valence-electron chi connectivity index (χ3n) is 4.95. The lowest BCUT2D eigenvalue weighted by atomic mass is 10.1. The number of anilines is 2. The Morgan fingerprint density at radius 2 is 1.53 bits per heavy atom. The van der Waals surface area contributed by atoms with Crippen LogP contribution in [0.3, 0.4) is 0 Å². The van der Waals surface area contributed by atoms with Gasteiger partial charge in [0.2, 0.25) is 5.91 Å². The summed E-state index contributed by atoms with van der Waals surface area (Å²) in [6.07, 6.45) is 1.80. The summed E-state index contributed by atoms with van der Waals surface area (Å²) in [5, 5.41) is 20.9. The van der Waals surface area contributed by atoms with Crippen molar-refractivity contribution < 1.29 is 14.5 Å². The summed E-state index contributed by atoms with van der Waals surface area (Å²) in [6, 6.07) is 21.3. The van der Waals surface area contributed by atoms with Crippen LogP contribution in [-0.2, 0) is 11.2 Å². The summed E-state index contributed by atoms with van der Waals surface area (Å²) >= 11 is 0. The van der Waals surface area contributed by atoms with Gasteiger partial charge >= 0.3 is 6.03 Å². The summed E-state index contributed by atoms with van der Waals surface area (Å²) in [6.45, 7) is 0. The van der Waals surface area contributed by atoms with Gasteiger partial charge in [0.25, 0.3) is 5.69 Å². The highest BCUT2D eigenvalue weighted by Crippen LogP contribution is 2.26. The van der Waals surface area contributed by atoms with Gasteiger partial charge in [0.15, 0.2) is 0 Å². The molecule has 0 bridgehead atoms. The minimum Gasteiger partial charge on any atom is -0.351 e. The topological polar surface area (TPSA) is 145 Å². The number of nitrogens with two attached hydrogens (primary N) is 1. The van der Waals surface area contributed by atoms with Crippen LogP contribution in [0, 0.1) is 10.1 Å². The smallest absolute Gasteiger partial charge is 0.316 e. The number of hydrogen-bond donors (Lipinski definition) is 3. The third kappa shape index (κ3) is 5.25. The third-order valence-corrected chi connectivity index (χ3v) is 4.95. The number of hydrogen-bond acceptors (Lipinski definition) is 5. The van der Waals surface area contributed by atoms with Crippen molar-refractivity contribution in [3.63, 3.8) is 0 Å². The van der Waals surface area contributed by atoms with Gasteiger partial charge in [-0.2, -0.15) is 5.10 Å².